The minimum atomic E-state index is 0.258. The fourth-order valence-corrected chi connectivity index (χ4v) is 1.31. The Morgan fingerprint density at radius 2 is 2.40 bits per heavy atom. The first kappa shape index (κ1) is 9.79. The molecule has 5 nitrogen and oxygen atoms in total. The molecule has 2 aromatic heterocycles. The van der Waals surface area contributed by atoms with E-state index in [4.69, 9.17) is 19.3 Å². The minimum Gasteiger partial charge on any atom is -0.479 e. The van der Waals surface area contributed by atoms with Crippen LogP contribution in [-0.4, -0.2) is 12.1 Å². The van der Waals surface area contributed by atoms with Crippen LogP contribution < -0.4 is 10.5 Å². The molecule has 0 unspecified atom stereocenters. The Morgan fingerprint density at radius 1 is 1.53 bits per heavy atom. The summed E-state index contributed by atoms with van der Waals surface area (Å²) in [5.41, 5.74) is 5.42. The molecule has 5 heteroatoms. The summed E-state index contributed by atoms with van der Waals surface area (Å²) in [7, 11) is 1.55. The number of aromatic nitrogens is 1. The van der Waals surface area contributed by atoms with Crippen LogP contribution in [0.2, 0.25) is 0 Å². The molecule has 0 spiro atoms. The average molecular weight is 208 g/mol. The third kappa shape index (κ3) is 2.02. The summed E-state index contributed by atoms with van der Waals surface area (Å²) in [6, 6.07) is 3.69. The molecule has 2 heterocycles. The quantitative estimate of drug-likeness (QED) is 0.820. The van der Waals surface area contributed by atoms with Crippen LogP contribution in [0.15, 0.2) is 27.2 Å². The van der Waals surface area contributed by atoms with Gasteiger partial charge in [0.1, 0.15) is 5.76 Å². The summed E-state index contributed by atoms with van der Waals surface area (Å²) in [4.78, 5) is 4.07. The first-order chi connectivity index (χ1) is 7.33. The van der Waals surface area contributed by atoms with Crippen LogP contribution in [-0.2, 0) is 13.0 Å². The summed E-state index contributed by atoms with van der Waals surface area (Å²) in [6.07, 6.45) is 2.13. The highest BCUT2D eigenvalue weighted by atomic mass is 16.5. The van der Waals surface area contributed by atoms with E-state index < -0.39 is 0 Å². The van der Waals surface area contributed by atoms with E-state index in [9.17, 15) is 0 Å². The van der Waals surface area contributed by atoms with Crippen molar-refractivity contribution in [3.8, 4) is 5.88 Å². The molecule has 15 heavy (non-hydrogen) atoms. The first-order valence-corrected chi connectivity index (χ1v) is 4.58. The molecule has 0 radical (unpaired) electrons. The third-order valence-corrected chi connectivity index (χ3v) is 1.99. The third-order valence-electron chi connectivity index (χ3n) is 1.99. The summed E-state index contributed by atoms with van der Waals surface area (Å²) >= 11 is 0. The van der Waals surface area contributed by atoms with Crippen molar-refractivity contribution in [1.29, 1.82) is 0 Å². The fourth-order valence-electron chi connectivity index (χ4n) is 1.31. The molecular weight excluding hydrogens is 196 g/mol. The molecule has 0 aliphatic heterocycles. The van der Waals surface area contributed by atoms with Crippen molar-refractivity contribution in [3.63, 3.8) is 0 Å². The summed E-state index contributed by atoms with van der Waals surface area (Å²) in [6.45, 7) is 0.258. The number of nitrogens with zero attached hydrogens (tertiary/aromatic N) is 1. The van der Waals surface area contributed by atoms with Gasteiger partial charge in [0.15, 0.2) is 5.76 Å². The number of ether oxygens (including phenoxy) is 1. The van der Waals surface area contributed by atoms with Crippen molar-refractivity contribution < 1.29 is 13.6 Å². The molecule has 0 aliphatic rings. The lowest BCUT2D eigenvalue weighted by molar-refractivity contribution is 0.379. The Hall–Kier alpha value is -1.75. The average Bonchev–Trinajstić information content (AvgIpc) is 2.87. The van der Waals surface area contributed by atoms with E-state index in [1.165, 1.54) is 0 Å². The lowest BCUT2D eigenvalue weighted by Crippen LogP contribution is -1.95. The van der Waals surface area contributed by atoms with E-state index in [2.05, 4.69) is 4.98 Å². The van der Waals surface area contributed by atoms with Gasteiger partial charge in [0.25, 0.3) is 5.88 Å². The molecule has 2 rings (SSSR count). The second-order valence-electron chi connectivity index (χ2n) is 3.00. The predicted octanol–water partition coefficient (Wildman–Crippen LogP) is 1.33. The number of rotatable bonds is 4. The molecule has 0 aliphatic carbocycles. The maximum atomic E-state index is 5.42. The van der Waals surface area contributed by atoms with Crippen LogP contribution in [0.3, 0.4) is 0 Å². The lowest BCUT2D eigenvalue weighted by atomic mass is 10.3. The van der Waals surface area contributed by atoms with E-state index in [-0.39, 0.29) is 6.54 Å². The van der Waals surface area contributed by atoms with E-state index in [1.807, 2.05) is 12.1 Å². The Balaban J connectivity index is 2.23. The van der Waals surface area contributed by atoms with Gasteiger partial charge in [-0.05, 0) is 12.1 Å². The normalized spacial score (nSPS) is 10.5. The fraction of sp³-hybridized carbons (Fsp3) is 0.300. The van der Waals surface area contributed by atoms with Gasteiger partial charge in [-0.1, -0.05) is 0 Å². The smallest absolute Gasteiger partial charge is 0.256 e. The number of oxazole rings is 1. The van der Waals surface area contributed by atoms with Gasteiger partial charge in [-0.15, -0.1) is 0 Å². The van der Waals surface area contributed by atoms with Crippen LogP contribution >= 0.6 is 0 Å². The predicted molar refractivity (Wildman–Crippen MR) is 52.5 cm³/mol. The van der Waals surface area contributed by atoms with Gasteiger partial charge in [-0.3, -0.25) is 0 Å². The van der Waals surface area contributed by atoms with Crippen molar-refractivity contribution in [3.05, 3.63) is 35.8 Å². The van der Waals surface area contributed by atoms with Gasteiger partial charge < -0.3 is 19.3 Å². The molecule has 0 atom stereocenters. The highest BCUT2D eigenvalue weighted by Gasteiger charge is 2.14. The standard InChI is InChI=1S/C10H12N2O3/c1-13-10-8(15-9(6-11)12-10)5-7-3-2-4-14-7/h2-4H,5-6,11H2,1H3. The van der Waals surface area contributed by atoms with Crippen molar-refractivity contribution >= 4 is 0 Å². The van der Waals surface area contributed by atoms with Gasteiger partial charge in [-0.25, -0.2) is 0 Å². The van der Waals surface area contributed by atoms with E-state index >= 15 is 0 Å². The molecule has 0 bridgehead atoms. The zero-order valence-corrected chi connectivity index (χ0v) is 8.40. The SMILES string of the molecule is COc1nc(CN)oc1Cc1ccco1. The molecule has 0 aromatic carbocycles. The van der Waals surface area contributed by atoms with Crippen LogP contribution in [0.4, 0.5) is 0 Å². The molecule has 0 saturated carbocycles. The van der Waals surface area contributed by atoms with Gasteiger partial charge in [0, 0.05) is 0 Å². The zero-order valence-electron chi connectivity index (χ0n) is 8.40. The number of nitrogens with two attached hydrogens (primary N) is 1. The molecule has 0 fully saturated rings. The van der Waals surface area contributed by atoms with Crippen LogP contribution in [0.5, 0.6) is 5.88 Å². The molecule has 0 amide bonds. The Labute approximate surface area is 86.8 Å². The monoisotopic (exact) mass is 208 g/mol. The van der Waals surface area contributed by atoms with Gasteiger partial charge in [-0.2, -0.15) is 4.98 Å². The van der Waals surface area contributed by atoms with Crippen LogP contribution in [0.25, 0.3) is 0 Å². The van der Waals surface area contributed by atoms with Crippen molar-refractivity contribution in [2.75, 3.05) is 7.11 Å². The second kappa shape index (κ2) is 4.18. The molecule has 80 valence electrons. The van der Waals surface area contributed by atoms with Crippen molar-refractivity contribution in [2.24, 2.45) is 5.73 Å². The minimum absolute atomic E-state index is 0.258. The maximum Gasteiger partial charge on any atom is 0.256 e. The van der Waals surface area contributed by atoms with Gasteiger partial charge in [0.2, 0.25) is 5.89 Å². The Morgan fingerprint density at radius 3 is 3.00 bits per heavy atom. The lowest BCUT2D eigenvalue weighted by Gasteiger charge is -1.95. The van der Waals surface area contributed by atoms with E-state index in [0.717, 1.165) is 5.76 Å². The van der Waals surface area contributed by atoms with Crippen LogP contribution in [0, 0.1) is 0 Å². The molecular formula is C10H12N2O3. The first-order valence-electron chi connectivity index (χ1n) is 4.58. The largest absolute Gasteiger partial charge is 0.479 e. The molecule has 0 saturated heterocycles. The number of hydrogen-bond acceptors (Lipinski definition) is 5. The number of methoxy groups -OCH3 is 1. The number of hydrogen-bond donors (Lipinski definition) is 1. The Kier molecular flexibility index (Phi) is 2.73. The summed E-state index contributed by atoms with van der Waals surface area (Å²) < 4.78 is 15.7. The number of furan rings is 1. The van der Waals surface area contributed by atoms with E-state index in [0.29, 0.717) is 24.0 Å². The molecule has 2 aromatic rings. The van der Waals surface area contributed by atoms with E-state index in [1.54, 1.807) is 13.4 Å². The maximum absolute atomic E-state index is 5.42. The zero-order chi connectivity index (χ0) is 10.7. The topological polar surface area (TPSA) is 74.4 Å². The highest BCUT2D eigenvalue weighted by molar-refractivity contribution is 5.21. The summed E-state index contributed by atoms with van der Waals surface area (Å²) in [5, 5.41) is 0. The van der Waals surface area contributed by atoms with Crippen LogP contribution in [0.1, 0.15) is 17.4 Å². The van der Waals surface area contributed by atoms with Gasteiger partial charge >= 0.3 is 0 Å². The van der Waals surface area contributed by atoms with Crippen molar-refractivity contribution in [1.82, 2.24) is 4.98 Å². The Bertz CT molecular complexity index is 420. The van der Waals surface area contributed by atoms with Crippen molar-refractivity contribution in [2.45, 2.75) is 13.0 Å². The second-order valence-corrected chi connectivity index (χ2v) is 3.00. The van der Waals surface area contributed by atoms with Gasteiger partial charge in [0.05, 0.1) is 26.3 Å². The summed E-state index contributed by atoms with van der Waals surface area (Å²) in [5.74, 6) is 2.36. The molecule has 2 N–H and O–H groups in total. The highest BCUT2D eigenvalue weighted by Crippen LogP contribution is 2.22.